The Balaban J connectivity index is 1.81. The van der Waals surface area contributed by atoms with Gasteiger partial charge in [-0.3, -0.25) is 0 Å². The van der Waals surface area contributed by atoms with E-state index in [0.29, 0.717) is 21.4 Å². The summed E-state index contributed by atoms with van der Waals surface area (Å²) in [6, 6.07) is 23.3. The molecule has 138 valence electrons. The van der Waals surface area contributed by atoms with Crippen LogP contribution in [-0.4, -0.2) is 10.8 Å². The molecule has 4 aromatic rings. The summed E-state index contributed by atoms with van der Waals surface area (Å²) in [5.41, 5.74) is 9.49. The van der Waals surface area contributed by atoms with Crippen LogP contribution in [0.25, 0.3) is 21.8 Å². The molecule has 6 heteroatoms. The number of aliphatic imine (C=N–C) groups is 1. The van der Waals surface area contributed by atoms with Crippen molar-refractivity contribution in [2.75, 3.05) is 0 Å². The number of halogens is 2. The zero-order valence-electron chi connectivity index (χ0n) is 14.6. The molecule has 3 nitrogen and oxygen atoms in total. The molecule has 0 aliphatic rings. The van der Waals surface area contributed by atoms with Gasteiger partial charge in [0.05, 0.1) is 0 Å². The summed E-state index contributed by atoms with van der Waals surface area (Å²) >= 11 is 7.44. The highest BCUT2D eigenvalue weighted by atomic mass is 35.5. The van der Waals surface area contributed by atoms with Crippen molar-refractivity contribution in [1.29, 1.82) is 0 Å². The van der Waals surface area contributed by atoms with E-state index in [-0.39, 0.29) is 5.82 Å². The van der Waals surface area contributed by atoms with Crippen molar-refractivity contribution in [1.82, 2.24) is 4.98 Å². The van der Waals surface area contributed by atoms with E-state index in [1.807, 2.05) is 54.6 Å². The second-order valence-corrected chi connectivity index (χ2v) is 7.46. The second kappa shape index (κ2) is 7.92. The first-order valence-corrected chi connectivity index (χ1v) is 9.72. The van der Waals surface area contributed by atoms with E-state index in [1.54, 1.807) is 12.1 Å². The SMILES string of the molecule is N/C(=N\c1sc(-c2ccc(Cl)cc2)nc1-c1ccccc1)c1ccc(F)cc1. The van der Waals surface area contributed by atoms with Crippen LogP contribution in [0.5, 0.6) is 0 Å². The standard InChI is InChI=1S/C22H15ClFN3S/c23-17-10-6-16(7-11-17)21-26-19(14-4-2-1-3-5-14)22(28-21)27-20(25)15-8-12-18(24)13-9-15/h1-13H,(H2,25,27). The molecule has 4 rings (SSSR count). The highest BCUT2D eigenvalue weighted by Crippen LogP contribution is 2.40. The predicted octanol–water partition coefficient (Wildman–Crippen LogP) is 6.31. The molecule has 0 fully saturated rings. The molecule has 0 saturated heterocycles. The topological polar surface area (TPSA) is 51.3 Å². The van der Waals surface area contributed by atoms with Gasteiger partial charge in [0, 0.05) is 21.7 Å². The lowest BCUT2D eigenvalue weighted by atomic mass is 10.1. The summed E-state index contributed by atoms with van der Waals surface area (Å²) in [6.07, 6.45) is 0. The number of hydrogen-bond acceptors (Lipinski definition) is 3. The number of thiazole rings is 1. The molecule has 0 aliphatic carbocycles. The van der Waals surface area contributed by atoms with Crippen LogP contribution >= 0.6 is 22.9 Å². The van der Waals surface area contributed by atoms with Crippen LogP contribution in [-0.2, 0) is 0 Å². The average molecular weight is 408 g/mol. The van der Waals surface area contributed by atoms with Gasteiger partial charge in [-0.05, 0) is 36.4 Å². The number of nitrogens with two attached hydrogens (primary N) is 1. The second-order valence-electron chi connectivity index (χ2n) is 6.05. The molecular formula is C22H15ClFN3S. The fourth-order valence-electron chi connectivity index (χ4n) is 2.68. The molecule has 0 atom stereocenters. The zero-order valence-corrected chi connectivity index (χ0v) is 16.2. The fraction of sp³-hybridized carbons (Fsp3) is 0. The highest BCUT2D eigenvalue weighted by Gasteiger charge is 2.15. The van der Waals surface area contributed by atoms with Gasteiger partial charge in [0.25, 0.3) is 0 Å². The minimum atomic E-state index is -0.315. The van der Waals surface area contributed by atoms with Crippen molar-refractivity contribution in [3.63, 3.8) is 0 Å². The van der Waals surface area contributed by atoms with Crippen molar-refractivity contribution in [3.05, 3.63) is 95.3 Å². The number of rotatable bonds is 4. The van der Waals surface area contributed by atoms with E-state index in [2.05, 4.69) is 4.99 Å². The summed E-state index contributed by atoms with van der Waals surface area (Å²) < 4.78 is 13.2. The van der Waals surface area contributed by atoms with Crippen LogP contribution in [0, 0.1) is 5.82 Å². The van der Waals surface area contributed by atoms with E-state index in [9.17, 15) is 4.39 Å². The van der Waals surface area contributed by atoms with Crippen molar-refractivity contribution >= 4 is 33.8 Å². The van der Waals surface area contributed by atoms with Gasteiger partial charge in [-0.25, -0.2) is 14.4 Å². The Morgan fingerprint density at radius 3 is 2.25 bits per heavy atom. The lowest BCUT2D eigenvalue weighted by Gasteiger charge is -2.02. The van der Waals surface area contributed by atoms with Gasteiger partial charge in [-0.1, -0.05) is 65.4 Å². The predicted molar refractivity (Wildman–Crippen MR) is 115 cm³/mol. The molecular weight excluding hydrogens is 393 g/mol. The van der Waals surface area contributed by atoms with E-state index < -0.39 is 0 Å². The third-order valence-corrected chi connectivity index (χ3v) is 5.36. The third-order valence-electron chi connectivity index (χ3n) is 4.11. The van der Waals surface area contributed by atoms with Crippen molar-refractivity contribution < 1.29 is 4.39 Å². The molecule has 0 unspecified atom stereocenters. The first-order chi connectivity index (χ1) is 13.6. The van der Waals surface area contributed by atoms with Crippen LogP contribution in [0.2, 0.25) is 5.02 Å². The average Bonchev–Trinajstić information content (AvgIpc) is 3.13. The van der Waals surface area contributed by atoms with E-state index in [0.717, 1.165) is 21.8 Å². The summed E-state index contributed by atoms with van der Waals surface area (Å²) in [5, 5.41) is 2.18. The molecule has 1 heterocycles. The van der Waals surface area contributed by atoms with Gasteiger partial charge in [0.2, 0.25) is 0 Å². The number of aromatic nitrogens is 1. The molecule has 0 saturated carbocycles. The lowest BCUT2D eigenvalue weighted by molar-refractivity contribution is 0.628. The molecule has 2 N–H and O–H groups in total. The molecule has 0 aliphatic heterocycles. The Labute approximate surface area is 171 Å². The number of nitrogens with zero attached hydrogens (tertiary/aromatic N) is 2. The van der Waals surface area contributed by atoms with Crippen LogP contribution in [0.3, 0.4) is 0 Å². The summed E-state index contributed by atoms with van der Waals surface area (Å²) in [6.45, 7) is 0. The van der Waals surface area contributed by atoms with E-state index in [1.165, 1.54) is 23.5 Å². The maximum atomic E-state index is 13.2. The van der Waals surface area contributed by atoms with Gasteiger partial charge >= 0.3 is 0 Å². The fourth-order valence-corrected chi connectivity index (χ4v) is 3.79. The minimum absolute atomic E-state index is 0.309. The summed E-state index contributed by atoms with van der Waals surface area (Å²) in [4.78, 5) is 9.39. The normalized spacial score (nSPS) is 11.6. The first kappa shape index (κ1) is 18.3. The Morgan fingerprint density at radius 1 is 0.893 bits per heavy atom. The van der Waals surface area contributed by atoms with Gasteiger partial charge in [-0.15, -0.1) is 0 Å². The highest BCUT2D eigenvalue weighted by molar-refractivity contribution is 7.19. The Hall–Kier alpha value is -3.02. The molecule has 0 spiro atoms. The monoisotopic (exact) mass is 407 g/mol. The molecule has 0 radical (unpaired) electrons. The van der Waals surface area contributed by atoms with Crippen LogP contribution in [0.15, 0.2) is 83.9 Å². The van der Waals surface area contributed by atoms with Crippen LogP contribution in [0.4, 0.5) is 9.39 Å². The van der Waals surface area contributed by atoms with E-state index >= 15 is 0 Å². The van der Waals surface area contributed by atoms with Crippen molar-refractivity contribution in [2.24, 2.45) is 10.7 Å². The largest absolute Gasteiger partial charge is 0.383 e. The summed E-state index contributed by atoms with van der Waals surface area (Å²) in [7, 11) is 0. The van der Waals surface area contributed by atoms with Gasteiger partial charge in [0.15, 0.2) is 0 Å². The van der Waals surface area contributed by atoms with Crippen LogP contribution < -0.4 is 5.73 Å². The minimum Gasteiger partial charge on any atom is -0.383 e. The molecule has 0 amide bonds. The zero-order chi connectivity index (χ0) is 19.5. The quantitative estimate of drug-likeness (QED) is 0.318. The lowest BCUT2D eigenvalue weighted by Crippen LogP contribution is -2.12. The Morgan fingerprint density at radius 2 is 1.57 bits per heavy atom. The molecule has 0 bridgehead atoms. The number of benzene rings is 3. The maximum absolute atomic E-state index is 13.2. The number of hydrogen-bond donors (Lipinski definition) is 1. The molecule has 1 aromatic heterocycles. The smallest absolute Gasteiger partial charge is 0.146 e. The van der Waals surface area contributed by atoms with Gasteiger partial charge in [-0.2, -0.15) is 0 Å². The van der Waals surface area contributed by atoms with Crippen LogP contribution in [0.1, 0.15) is 5.56 Å². The van der Waals surface area contributed by atoms with Crippen molar-refractivity contribution in [3.8, 4) is 21.8 Å². The molecule has 3 aromatic carbocycles. The van der Waals surface area contributed by atoms with Crippen molar-refractivity contribution in [2.45, 2.75) is 0 Å². The number of amidine groups is 1. The summed E-state index contributed by atoms with van der Waals surface area (Å²) in [5.74, 6) is -0.00664. The molecule has 28 heavy (non-hydrogen) atoms. The maximum Gasteiger partial charge on any atom is 0.146 e. The Kier molecular flexibility index (Phi) is 5.19. The first-order valence-electron chi connectivity index (χ1n) is 8.52. The third kappa shape index (κ3) is 3.96. The van der Waals surface area contributed by atoms with E-state index in [4.69, 9.17) is 22.3 Å². The van der Waals surface area contributed by atoms with Gasteiger partial charge < -0.3 is 5.73 Å². The Bertz CT molecular complexity index is 1120. The van der Waals surface area contributed by atoms with Gasteiger partial charge in [0.1, 0.15) is 27.4 Å².